The molecule has 126 valence electrons. The molecule has 1 aromatic carbocycles. The molecule has 0 saturated heterocycles. The summed E-state index contributed by atoms with van der Waals surface area (Å²) in [4.78, 5) is 29.6. The molecule has 0 bridgehead atoms. The number of hydrogen-bond acceptors (Lipinski definition) is 4. The van der Waals surface area contributed by atoms with Crippen LogP contribution < -0.4 is 10.9 Å². The van der Waals surface area contributed by atoms with E-state index in [1.807, 2.05) is 38.1 Å². The van der Waals surface area contributed by atoms with Crippen LogP contribution in [-0.2, 0) is 11.2 Å². The summed E-state index contributed by atoms with van der Waals surface area (Å²) in [6, 6.07) is 7.31. The van der Waals surface area contributed by atoms with E-state index in [4.69, 9.17) is 0 Å². The van der Waals surface area contributed by atoms with E-state index in [1.165, 1.54) is 11.8 Å². The summed E-state index contributed by atoms with van der Waals surface area (Å²) >= 11 is 4.92. The number of nitrogens with zero attached hydrogens (tertiary/aromatic N) is 2. The number of nitrogens with one attached hydrogen (secondary N) is 1. The number of halogens is 1. The van der Waals surface area contributed by atoms with Crippen LogP contribution in [-0.4, -0.2) is 21.2 Å². The van der Waals surface area contributed by atoms with E-state index in [1.54, 1.807) is 4.57 Å². The van der Waals surface area contributed by atoms with E-state index in [9.17, 15) is 9.59 Å². The first kappa shape index (κ1) is 17.2. The van der Waals surface area contributed by atoms with Crippen LogP contribution in [0, 0.1) is 6.92 Å². The predicted octanol–water partition coefficient (Wildman–Crippen LogP) is 3.55. The number of amides is 1. The normalized spacial score (nSPS) is 16.0. The number of aryl methyl sites for hydroxylation is 1. The van der Waals surface area contributed by atoms with Gasteiger partial charge in [0.25, 0.3) is 5.56 Å². The Morgan fingerprint density at radius 1 is 1.50 bits per heavy atom. The molecule has 0 fully saturated rings. The Morgan fingerprint density at radius 2 is 2.29 bits per heavy atom. The predicted molar refractivity (Wildman–Crippen MR) is 99.8 cm³/mol. The van der Waals surface area contributed by atoms with E-state index in [-0.39, 0.29) is 23.9 Å². The van der Waals surface area contributed by atoms with Crippen molar-refractivity contribution < 1.29 is 4.79 Å². The zero-order chi connectivity index (χ0) is 17.3. The summed E-state index contributed by atoms with van der Waals surface area (Å²) in [7, 11) is 0. The summed E-state index contributed by atoms with van der Waals surface area (Å²) in [6.45, 7) is 3.82. The molecular formula is C17H18BrN3O2S. The highest BCUT2D eigenvalue weighted by Gasteiger charge is 2.28. The van der Waals surface area contributed by atoms with Gasteiger partial charge in [-0.15, -0.1) is 0 Å². The Labute approximate surface area is 153 Å². The van der Waals surface area contributed by atoms with Crippen molar-refractivity contribution in [3.05, 3.63) is 50.3 Å². The van der Waals surface area contributed by atoms with Crippen molar-refractivity contribution in [1.82, 2.24) is 9.55 Å². The van der Waals surface area contributed by atoms with Gasteiger partial charge in [0, 0.05) is 33.6 Å². The van der Waals surface area contributed by atoms with E-state index >= 15 is 0 Å². The topological polar surface area (TPSA) is 64.0 Å². The third kappa shape index (κ3) is 3.42. The van der Waals surface area contributed by atoms with Gasteiger partial charge in [0.2, 0.25) is 5.91 Å². The molecular weight excluding hydrogens is 390 g/mol. The maximum Gasteiger partial charge on any atom is 0.257 e. The van der Waals surface area contributed by atoms with E-state index in [0.29, 0.717) is 12.2 Å². The van der Waals surface area contributed by atoms with E-state index < -0.39 is 0 Å². The Balaban J connectivity index is 1.79. The molecule has 2 heterocycles. The molecule has 3 rings (SSSR count). The summed E-state index contributed by atoms with van der Waals surface area (Å²) in [6.07, 6.45) is 0.917. The molecule has 2 aromatic rings. The molecule has 1 aliphatic heterocycles. The number of thioether (sulfide) groups is 1. The van der Waals surface area contributed by atoms with Crippen LogP contribution in [0.2, 0.25) is 0 Å². The average molecular weight is 408 g/mol. The third-order valence-corrected chi connectivity index (χ3v) is 5.63. The Morgan fingerprint density at radius 3 is 3.00 bits per heavy atom. The minimum absolute atomic E-state index is 0.00902. The van der Waals surface area contributed by atoms with Crippen LogP contribution in [0.4, 0.5) is 5.69 Å². The molecule has 1 amide bonds. The second kappa shape index (κ2) is 7.11. The number of rotatable bonds is 4. The van der Waals surface area contributed by atoms with Crippen LogP contribution in [0.5, 0.6) is 0 Å². The van der Waals surface area contributed by atoms with Gasteiger partial charge >= 0.3 is 0 Å². The fourth-order valence-corrected chi connectivity index (χ4v) is 4.45. The van der Waals surface area contributed by atoms with E-state index in [0.717, 1.165) is 26.6 Å². The third-order valence-electron chi connectivity index (χ3n) is 4.04. The molecule has 1 aliphatic rings. The van der Waals surface area contributed by atoms with Gasteiger partial charge in [0.1, 0.15) is 0 Å². The van der Waals surface area contributed by atoms with Crippen LogP contribution >= 0.6 is 27.7 Å². The number of benzene rings is 1. The molecule has 1 N–H and O–H groups in total. The van der Waals surface area contributed by atoms with Gasteiger partial charge < -0.3 is 5.32 Å². The number of carbonyl (C=O) groups is 1. The minimum Gasteiger partial charge on any atom is -0.326 e. The standard InChI is InChI=1S/C17H18BrN3O2S/c1-3-14-10(2)19-17-21(16(14)23)13(9-24-17)8-15(22)20-12-6-4-5-11(18)7-12/h4-7,13H,3,8-9H2,1-2H3,(H,20,22). The maximum atomic E-state index is 12.7. The van der Waals surface area contributed by atoms with Crippen molar-refractivity contribution >= 4 is 39.3 Å². The van der Waals surface area contributed by atoms with Crippen LogP contribution in [0.3, 0.4) is 0 Å². The van der Waals surface area contributed by atoms with Gasteiger partial charge in [-0.3, -0.25) is 14.2 Å². The van der Waals surface area contributed by atoms with Crippen molar-refractivity contribution in [3.8, 4) is 0 Å². The number of anilines is 1. The molecule has 1 atom stereocenters. The highest BCUT2D eigenvalue weighted by atomic mass is 79.9. The van der Waals surface area contributed by atoms with E-state index in [2.05, 4.69) is 26.2 Å². The zero-order valence-electron chi connectivity index (χ0n) is 13.5. The highest BCUT2D eigenvalue weighted by molar-refractivity contribution is 9.10. The molecule has 5 nitrogen and oxygen atoms in total. The van der Waals surface area contributed by atoms with Gasteiger partial charge in [-0.1, -0.05) is 40.7 Å². The number of hydrogen-bond donors (Lipinski definition) is 1. The van der Waals surface area contributed by atoms with Gasteiger partial charge in [-0.25, -0.2) is 4.98 Å². The molecule has 0 saturated carbocycles. The van der Waals surface area contributed by atoms with Crippen LogP contribution in [0.25, 0.3) is 0 Å². The second-order valence-corrected chi connectivity index (χ2v) is 7.62. The first-order valence-electron chi connectivity index (χ1n) is 7.79. The first-order valence-corrected chi connectivity index (χ1v) is 9.57. The summed E-state index contributed by atoms with van der Waals surface area (Å²) < 4.78 is 2.60. The molecule has 1 unspecified atom stereocenters. The number of carbonyl (C=O) groups excluding carboxylic acids is 1. The minimum atomic E-state index is -0.150. The lowest BCUT2D eigenvalue weighted by Crippen LogP contribution is -2.30. The summed E-state index contributed by atoms with van der Waals surface area (Å²) in [5, 5.41) is 3.60. The SMILES string of the molecule is CCc1c(C)nc2n(c1=O)C(CC(=O)Nc1cccc(Br)c1)CS2. The van der Waals surface area contributed by atoms with Crippen molar-refractivity contribution in [2.24, 2.45) is 0 Å². The molecule has 0 aliphatic carbocycles. The Hall–Kier alpha value is -1.60. The van der Waals surface area contributed by atoms with Crippen molar-refractivity contribution in [3.63, 3.8) is 0 Å². The quantitative estimate of drug-likeness (QED) is 0.786. The number of fused-ring (bicyclic) bond motifs is 1. The first-order chi connectivity index (χ1) is 11.5. The lowest BCUT2D eigenvalue weighted by molar-refractivity contribution is -0.116. The fourth-order valence-electron chi connectivity index (χ4n) is 2.87. The smallest absolute Gasteiger partial charge is 0.257 e. The Kier molecular flexibility index (Phi) is 5.10. The largest absolute Gasteiger partial charge is 0.326 e. The van der Waals surface area contributed by atoms with Crippen molar-refractivity contribution in [2.45, 2.75) is 37.9 Å². The van der Waals surface area contributed by atoms with Gasteiger partial charge in [0.15, 0.2) is 5.16 Å². The average Bonchev–Trinajstić information content (AvgIpc) is 2.90. The van der Waals surface area contributed by atoms with Crippen molar-refractivity contribution in [2.75, 3.05) is 11.1 Å². The van der Waals surface area contributed by atoms with Crippen LogP contribution in [0.15, 0.2) is 38.7 Å². The monoisotopic (exact) mass is 407 g/mol. The molecule has 1 aromatic heterocycles. The molecule has 24 heavy (non-hydrogen) atoms. The second-order valence-electron chi connectivity index (χ2n) is 5.71. The lowest BCUT2D eigenvalue weighted by Gasteiger charge is -2.15. The van der Waals surface area contributed by atoms with Crippen molar-refractivity contribution in [1.29, 1.82) is 0 Å². The summed E-state index contributed by atoms with van der Waals surface area (Å²) in [5.74, 6) is 0.595. The Bertz CT molecular complexity index is 850. The maximum absolute atomic E-state index is 12.7. The summed E-state index contributed by atoms with van der Waals surface area (Å²) in [5.41, 5.74) is 2.26. The zero-order valence-corrected chi connectivity index (χ0v) is 15.9. The fraction of sp³-hybridized carbons (Fsp3) is 0.353. The lowest BCUT2D eigenvalue weighted by atomic mass is 10.1. The molecule has 0 spiro atoms. The van der Waals surface area contributed by atoms with Gasteiger partial charge in [-0.05, 0) is 31.5 Å². The highest BCUT2D eigenvalue weighted by Crippen LogP contribution is 2.32. The number of aromatic nitrogens is 2. The molecule has 7 heteroatoms. The van der Waals surface area contributed by atoms with Crippen LogP contribution in [0.1, 0.15) is 30.6 Å². The van der Waals surface area contributed by atoms with Gasteiger partial charge in [-0.2, -0.15) is 0 Å². The van der Waals surface area contributed by atoms with Gasteiger partial charge in [0.05, 0.1) is 6.04 Å². The molecule has 0 radical (unpaired) electrons.